The minimum Gasteiger partial charge on any atom is -0.505 e. The Kier molecular flexibility index (Phi) is 3.84. The number of nitrogens with zero attached hydrogens (tertiary/aromatic N) is 2. The normalized spacial score (nSPS) is 10.8. The number of aromatic hydroxyl groups is 1. The summed E-state index contributed by atoms with van der Waals surface area (Å²) in [6.07, 6.45) is 1.55. The van der Waals surface area contributed by atoms with Gasteiger partial charge >= 0.3 is 0 Å². The van der Waals surface area contributed by atoms with Crippen LogP contribution >= 0.6 is 0 Å². The lowest BCUT2D eigenvalue weighted by atomic mass is 10.2. The van der Waals surface area contributed by atoms with Crippen LogP contribution in [0.15, 0.2) is 24.4 Å². The van der Waals surface area contributed by atoms with Gasteiger partial charge in [0.05, 0.1) is 31.8 Å². The number of hydrogen-bond acceptors (Lipinski definition) is 5. The van der Waals surface area contributed by atoms with Crippen molar-refractivity contribution in [1.82, 2.24) is 14.5 Å². The van der Waals surface area contributed by atoms with E-state index in [4.69, 9.17) is 15.2 Å². The van der Waals surface area contributed by atoms with Gasteiger partial charge in [-0.25, -0.2) is 4.98 Å². The number of imidazole rings is 1. The van der Waals surface area contributed by atoms with E-state index in [-0.39, 0.29) is 5.75 Å². The summed E-state index contributed by atoms with van der Waals surface area (Å²) in [5.41, 5.74) is 9.24. The molecule has 7 heteroatoms. The average molecular weight is 328 g/mol. The van der Waals surface area contributed by atoms with E-state index < -0.39 is 0 Å². The van der Waals surface area contributed by atoms with Crippen molar-refractivity contribution in [3.8, 4) is 34.3 Å². The number of anilines is 1. The van der Waals surface area contributed by atoms with E-state index in [9.17, 15) is 5.11 Å². The Labute approximate surface area is 139 Å². The van der Waals surface area contributed by atoms with E-state index in [1.54, 1.807) is 43.2 Å². The maximum absolute atomic E-state index is 10.4. The molecule has 3 rings (SSSR count). The van der Waals surface area contributed by atoms with Gasteiger partial charge in [-0.1, -0.05) is 0 Å². The predicted octanol–water partition coefficient (Wildman–Crippen LogP) is 2.79. The molecule has 126 valence electrons. The van der Waals surface area contributed by atoms with Crippen molar-refractivity contribution in [3.05, 3.63) is 35.8 Å². The van der Waals surface area contributed by atoms with Gasteiger partial charge in [0.1, 0.15) is 34.5 Å². The lowest BCUT2D eigenvalue weighted by Crippen LogP contribution is -2.01. The third-order valence-corrected chi connectivity index (χ3v) is 4.00. The van der Waals surface area contributed by atoms with Crippen LogP contribution in [0.25, 0.3) is 17.1 Å². The summed E-state index contributed by atoms with van der Waals surface area (Å²) in [4.78, 5) is 7.56. The molecule has 0 spiro atoms. The molecule has 0 amide bonds. The minimum atomic E-state index is 0.0445. The summed E-state index contributed by atoms with van der Waals surface area (Å²) in [5, 5.41) is 10.4. The molecule has 0 atom stereocenters. The van der Waals surface area contributed by atoms with Gasteiger partial charge in [0.25, 0.3) is 0 Å². The summed E-state index contributed by atoms with van der Waals surface area (Å²) in [5.74, 6) is 2.21. The number of rotatable bonds is 4. The molecule has 24 heavy (non-hydrogen) atoms. The number of aromatic nitrogens is 3. The number of methoxy groups -OCH3 is 2. The first kappa shape index (κ1) is 15.8. The lowest BCUT2D eigenvalue weighted by molar-refractivity contribution is 0.394. The van der Waals surface area contributed by atoms with Crippen molar-refractivity contribution in [3.63, 3.8) is 0 Å². The highest BCUT2D eigenvalue weighted by Crippen LogP contribution is 2.38. The molecule has 0 aliphatic heterocycles. The number of H-pyrrole nitrogens is 1. The van der Waals surface area contributed by atoms with Crippen LogP contribution in [0.1, 0.15) is 11.4 Å². The van der Waals surface area contributed by atoms with Crippen LogP contribution in [-0.4, -0.2) is 33.9 Å². The van der Waals surface area contributed by atoms with Crippen molar-refractivity contribution >= 4 is 5.82 Å². The SMILES string of the molecule is COc1cc(OC)cc(-n2cc(O)c(-c3nc(C)c(C)[nH]3)c2N)c1. The number of hydrogen-bond donors (Lipinski definition) is 3. The second-order valence-corrected chi connectivity index (χ2v) is 5.51. The number of ether oxygens (including phenoxy) is 2. The molecule has 0 unspecified atom stereocenters. The molecule has 0 aliphatic rings. The van der Waals surface area contributed by atoms with Crippen molar-refractivity contribution < 1.29 is 14.6 Å². The van der Waals surface area contributed by atoms with Crippen molar-refractivity contribution in [2.45, 2.75) is 13.8 Å². The Hall–Kier alpha value is -3.09. The third-order valence-electron chi connectivity index (χ3n) is 4.00. The van der Waals surface area contributed by atoms with Crippen molar-refractivity contribution in [1.29, 1.82) is 0 Å². The van der Waals surface area contributed by atoms with Gasteiger partial charge in [0.2, 0.25) is 0 Å². The lowest BCUT2D eigenvalue weighted by Gasteiger charge is -2.11. The summed E-state index contributed by atoms with van der Waals surface area (Å²) in [6, 6.07) is 5.38. The van der Waals surface area contributed by atoms with E-state index in [1.807, 2.05) is 13.8 Å². The molecular formula is C17H20N4O3. The van der Waals surface area contributed by atoms with Gasteiger partial charge < -0.3 is 25.3 Å². The molecule has 2 heterocycles. The standard InChI is InChI=1S/C17H20N4O3/c1-9-10(2)20-17(19-9)15-14(22)8-21(16(15)18)11-5-12(23-3)7-13(6-11)24-4/h5-8,22H,18H2,1-4H3,(H,19,20). The van der Waals surface area contributed by atoms with E-state index in [0.29, 0.717) is 34.4 Å². The number of nitrogen functional groups attached to an aromatic ring is 1. The molecule has 2 aromatic heterocycles. The van der Waals surface area contributed by atoms with Crippen LogP contribution in [0.2, 0.25) is 0 Å². The minimum absolute atomic E-state index is 0.0445. The fourth-order valence-electron chi connectivity index (χ4n) is 2.56. The third kappa shape index (κ3) is 2.54. The van der Waals surface area contributed by atoms with Gasteiger partial charge in [0, 0.05) is 23.9 Å². The van der Waals surface area contributed by atoms with E-state index in [0.717, 1.165) is 11.4 Å². The van der Waals surface area contributed by atoms with Crippen LogP contribution < -0.4 is 15.2 Å². The average Bonchev–Trinajstić information content (AvgIpc) is 3.05. The number of nitrogens with one attached hydrogen (secondary N) is 1. The van der Waals surface area contributed by atoms with Crippen molar-refractivity contribution in [2.24, 2.45) is 0 Å². The van der Waals surface area contributed by atoms with Gasteiger partial charge in [-0.2, -0.15) is 0 Å². The monoisotopic (exact) mass is 328 g/mol. The molecule has 4 N–H and O–H groups in total. The zero-order valence-corrected chi connectivity index (χ0v) is 14.0. The smallest absolute Gasteiger partial charge is 0.146 e. The Balaban J connectivity index is 2.16. The van der Waals surface area contributed by atoms with Gasteiger partial charge in [-0.3, -0.25) is 4.57 Å². The van der Waals surface area contributed by atoms with Crippen LogP contribution in [0.4, 0.5) is 5.82 Å². The Morgan fingerprint density at radius 3 is 2.25 bits per heavy atom. The Bertz CT molecular complexity index is 854. The van der Waals surface area contributed by atoms with Gasteiger partial charge in [0.15, 0.2) is 0 Å². The van der Waals surface area contributed by atoms with Crippen LogP contribution in [0.3, 0.4) is 0 Å². The Morgan fingerprint density at radius 2 is 1.75 bits per heavy atom. The first-order valence-corrected chi connectivity index (χ1v) is 7.41. The largest absolute Gasteiger partial charge is 0.505 e. The first-order valence-electron chi connectivity index (χ1n) is 7.41. The molecule has 1 aromatic carbocycles. The van der Waals surface area contributed by atoms with Crippen molar-refractivity contribution in [2.75, 3.05) is 20.0 Å². The highest BCUT2D eigenvalue weighted by atomic mass is 16.5. The maximum Gasteiger partial charge on any atom is 0.146 e. The molecule has 3 aromatic rings. The summed E-state index contributed by atoms with van der Waals surface area (Å²) in [7, 11) is 3.16. The Morgan fingerprint density at radius 1 is 1.12 bits per heavy atom. The predicted molar refractivity (Wildman–Crippen MR) is 92.0 cm³/mol. The molecule has 0 saturated heterocycles. The van der Waals surface area contributed by atoms with Gasteiger partial charge in [-0.05, 0) is 13.8 Å². The number of benzene rings is 1. The molecule has 0 bridgehead atoms. The van der Waals surface area contributed by atoms with Crippen LogP contribution in [-0.2, 0) is 0 Å². The number of aromatic amines is 1. The zero-order valence-electron chi connectivity index (χ0n) is 14.0. The van der Waals surface area contributed by atoms with Crippen LogP contribution in [0, 0.1) is 13.8 Å². The molecular weight excluding hydrogens is 308 g/mol. The highest BCUT2D eigenvalue weighted by Gasteiger charge is 2.20. The molecule has 7 nitrogen and oxygen atoms in total. The maximum atomic E-state index is 10.4. The molecule has 0 aliphatic carbocycles. The molecule has 0 fully saturated rings. The second kappa shape index (κ2) is 5.84. The zero-order chi connectivity index (χ0) is 17.4. The fourth-order valence-corrected chi connectivity index (χ4v) is 2.56. The van der Waals surface area contributed by atoms with E-state index in [1.165, 1.54) is 0 Å². The van der Waals surface area contributed by atoms with E-state index in [2.05, 4.69) is 9.97 Å². The summed E-state index contributed by atoms with van der Waals surface area (Å²) < 4.78 is 12.2. The molecule has 0 saturated carbocycles. The number of aryl methyl sites for hydroxylation is 2. The molecule has 0 radical (unpaired) electrons. The summed E-state index contributed by atoms with van der Waals surface area (Å²) in [6.45, 7) is 3.81. The quantitative estimate of drug-likeness (QED) is 0.684. The van der Waals surface area contributed by atoms with E-state index >= 15 is 0 Å². The number of nitrogens with two attached hydrogens (primary N) is 1. The summed E-state index contributed by atoms with van der Waals surface area (Å²) >= 11 is 0. The fraction of sp³-hybridized carbons (Fsp3) is 0.235. The second-order valence-electron chi connectivity index (χ2n) is 5.51. The topological polar surface area (TPSA) is 98.3 Å². The first-order chi connectivity index (χ1) is 11.4. The van der Waals surface area contributed by atoms with Crippen LogP contribution in [0.5, 0.6) is 17.2 Å². The van der Waals surface area contributed by atoms with Gasteiger partial charge in [-0.15, -0.1) is 0 Å². The highest BCUT2D eigenvalue weighted by molar-refractivity contribution is 5.78.